The van der Waals surface area contributed by atoms with E-state index in [1.807, 2.05) is 72.3 Å². The summed E-state index contributed by atoms with van der Waals surface area (Å²) in [5.41, 5.74) is 10.3. The number of pyridine rings is 2. The number of aromatic nitrogens is 2. The molecular formula is C92H129N4O2PS. The molecule has 0 saturated carbocycles. The summed E-state index contributed by atoms with van der Waals surface area (Å²) in [4.78, 5) is 17.1. The molecule has 0 atom stereocenters. The van der Waals surface area contributed by atoms with E-state index in [2.05, 4.69) is 331 Å². The van der Waals surface area contributed by atoms with Crippen LogP contribution in [-0.2, 0) is 19.3 Å². The lowest BCUT2D eigenvalue weighted by Crippen LogP contribution is -2.23. The van der Waals surface area contributed by atoms with Crippen molar-refractivity contribution in [3.63, 3.8) is 0 Å². The number of ether oxygens (including phenoxy) is 1. The first kappa shape index (κ1) is 86.9. The average Bonchev–Trinajstić information content (AvgIpc) is 0.950. The van der Waals surface area contributed by atoms with Crippen molar-refractivity contribution in [3.05, 3.63) is 268 Å². The molecular weight excluding hydrogens is 1260 g/mol. The van der Waals surface area contributed by atoms with E-state index in [9.17, 15) is 0 Å². The lowest BCUT2D eigenvalue weighted by Gasteiger charge is -2.23. The molecule has 0 fully saturated rings. The second kappa shape index (κ2) is 49.3. The molecule has 0 bridgehead atoms. The minimum absolute atomic E-state index is 0.499. The van der Waals surface area contributed by atoms with Crippen molar-refractivity contribution in [1.29, 1.82) is 0 Å². The van der Waals surface area contributed by atoms with Gasteiger partial charge in [-0.1, -0.05) is 296 Å². The Labute approximate surface area is 614 Å². The molecule has 0 radical (unpaired) electrons. The molecule has 10 aromatic rings. The highest BCUT2D eigenvalue weighted by Gasteiger charge is 2.20. The Morgan fingerprint density at radius 2 is 0.950 bits per heavy atom. The Balaban J connectivity index is 0.000000305. The van der Waals surface area contributed by atoms with Gasteiger partial charge < -0.3 is 14.1 Å². The highest BCUT2D eigenvalue weighted by Crippen LogP contribution is 2.37. The number of nitrogens with zero attached hydrogens (tertiary/aromatic N) is 4. The summed E-state index contributed by atoms with van der Waals surface area (Å²) in [6, 6.07) is 70.2. The third kappa shape index (κ3) is 34.9. The minimum atomic E-state index is -0.499. The Morgan fingerprint density at radius 3 is 1.41 bits per heavy atom. The van der Waals surface area contributed by atoms with Crippen molar-refractivity contribution in [2.45, 2.75) is 200 Å². The van der Waals surface area contributed by atoms with Crippen molar-refractivity contribution in [3.8, 4) is 5.75 Å². The van der Waals surface area contributed by atoms with Crippen LogP contribution in [0, 0.1) is 29.6 Å². The number of aliphatic imine (C=N–C) groups is 1. The van der Waals surface area contributed by atoms with Gasteiger partial charge in [-0.15, -0.1) is 11.3 Å². The van der Waals surface area contributed by atoms with E-state index < -0.39 is 7.92 Å². The maximum Gasteiger partial charge on any atom is 0.122 e. The van der Waals surface area contributed by atoms with Crippen LogP contribution in [0.4, 0.5) is 5.69 Å². The second-order valence-corrected chi connectivity index (χ2v) is 32.7. The van der Waals surface area contributed by atoms with E-state index in [0.29, 0.717) is 47.3 Å². The van der Waals surface area contributed by atoms with Crippen molar-refractivity contribution in [1.82, 2.24) is 14.9 Å². The van der Waals surface area contributed by atoms with Crippen LogP contribution in [0.5, 0.6) is 5.75 Å². The van der Waals surface area contributed by atoms with Crippen molar-refractivity contribution in [2.75, 3.05) is 27.7 Å². The number of furan rings is 1. The Hall–Kier alpha value is -7.28. The average molecular weight is 1390 g/mol. The first-order valence-corrected chi connectivity index (χ1v) is 39.2. The van der Waals surface area contributed by atoms with E-state index in [4.69, 9.17) is 14.1 Å². The summed E-state index contributed by atoms with van der Waals surface area (Å²) in [6.45, 7) is 45.7. The molecule has 0 unspecified atom stereocenters. The smallest absolute Gasteiger partial charge is 0.122 e. The molecule has 8 heteroatoms. The topological polar surface area (TPSA) is 63.8 Å². The summed E-state index contributed by atoms with van der Waals surface area (Å²) in [6.07, 6.45) is 13.2. The summed E-state index contributed by atoms with van der Waals surface area (Å²) in [5.74, 6) is 8.44. The van der Waals surface area contributed by atoms with Crippen molar-refractivity contribution < 1.29 is 9.15 Å². The number of benzene rings is 6. The van der Waals surface area contributed by atoms with E-state index in [1.165, 1.54) is 84.8 Å². The quantitative estimate of drug-likeness (QED) is 0.0530. The third-order valence-corrected chi connectivity index (χ3v) is 19.3. The van der Waals surface area contributed by atoms with Crippen LogP contribution in [0.2, 0.25) is 0 Å². The van der Waals surface area contributed by atoms with Gasteiger partial charge in [-0.05, 0) is 205 Å². The van der Waals surface area contributed by atoms with Crippen LogP contribution in [0.25, 0.3) is 10.9 Å². The van der Waals surface area contributed by atoms with Gasteiger partial charge in [0, 0.05) is 41.0 Å². The third-order valence-electron chi connectivity index (χ3n) is 15.9. The van der Waals surface area contributed by atoms with Crippen LogP contribution in [0.15, 0.2) is 234 Å². The molecule has 0 amide bonds. The summed E-state index contributed by atoms with van der Waals surface area (Å²) in [7, 11) is 5.44. The summed E-state index contributed by atoms with van der Waals surface area (Å²) < 4.78 is 10.4. The van der Waals surface area contributed by atoms with E-state index in [1.54, 1.807) is 13.4 Å². The van der Waals surface area contributed by atoms with Gasteiger partial charge in [-0.25, -0.2) is 0 Å². The maximum atomic E-state index is 5.21. The van der Waals surface area contributed by atoms with Gasteiger partial charge in [0.05, 0.1) is 24.6 Å². The van der Waals surface area contributed by atoms with Crippen LogP contribution in [0.1, 0.15) is 225 Å². The summed E-state index contributed by atoms with van der Waals surface area (Å²) >= 11 is 1.85. The highest BCUT2D eigenvalue weighted by atomic mass is 32.1. The van der Waals surface area contributed by atoms with E-state index in [0.717, 1.165) is 48.1 Å². The molecule has 540 valence electrons. The number of rotatable bonds is 21. The lowest BCUT2D eigenvalue weighted by molar-refractivity contribution is 0.369. The molecule has 4 aromatic heterocycles. The molecule has 6 aromatic carbocycles. The predicted molar refractivity (Wildman–Crippen MR) is 445 cm³/mol. The number of hydrogen-bond donors (Lipinski definition) is 0. The zero-order chi connectivity index (χ0) is 73.9. The normalized spacial score (nSPS) is 11.0. The first-order chi connectivity index (χ1) is 47.7. The van der Waals surface area contributed by atoms with Gasteiger partial charge in [-0.3, -0.25) is 15.0 Å². The standard InChI is InChI=1S/C21H21P.C17H27N.C12H13N.C10H14O.C9H13N.C8H12O.C8H12S.C7H17N/c1-17(2)20-15-9-10-16-21(20)22(18-11-5-3-6-12-18)19-13-7-4-8-14-19;1-12(2)10-11-18-17-15(13(3)4)8-7-9-16(17)14(5)6;1-9(2)11-7-3-5-10-6-4-8-13-12(10)11;1-8(2)9-6-4-5-7-10(9)11-3;1-8(2)7-9-5-3-4-6-10-9;2*1-7(2)6-8-4-3-5-9-8;1-7(2)5-6-8(3)4/h3-17H,1-2H3;7-9,11-14H,10H2,1-6H3;3-9H,1-2H3;4-8H,1-3H3;3-6,8H,7H2,1-2H3;2*3-5,7H,6H2,1-2H3;7H,5-6H2,1-4H3. The zero-order valence-electron chi connectivity index (χ0n) is 65.9. The van der Waals surface area contributed by atoms with Crippen molar-refractivity contribution >= 4 is 58.0 Å². The van der Waals surface area contributed by atoms with E-state index >= 15 is 0 Å². The van der Waals surface area contributed by atoms with Gasteiger partial charge in [0.25, 0.3) is 0 Å². The fraction of sp³-hybridized carbons (Fsp3) is 0.424. The zero-order valence-corrected chi connectivity index (χ0v) is 67.6. The second-order valence-electron chi connectivity index (χ2n) is 29.5. The van der Waals surface area contributed by atoms with Gasteiger partial charge in [-0.2, -0.15) is 0 Å². The molecule has 4 heterocycles. The molecule has 0 saturated heterocycles. The molecule has 0 N–H and O–H groups in total. The Morgan fingerprint density at radius 1 is 0.450 bits per heavy atom. The van der Waals surface area contributed by atoms with Crippen LogP contribution >= 0.6 is 19.3 Å². The minimum Gasteiger partial charge on any atom is -0.496 e. The van der Waals surface area contributed by atoms with Crippen LogP contribution < -0.4 is 20.7 Å². The molecule has 0 spiro atoms. The Bertz CT molecular complexity index is 3550. The largest absolute Gasteiger partial charge is 0.496 e. The van der Waals surface area contributed by atoms with Gasteiger partial charge in [0.1, 0.15) is 11.5 Å². The van der Waals surface area contributed by atoms with Gasteiger partial charge in [0.2, 0.25) is 0 Å². The fourth-order valence-corrected chi connectivity index (χ4v) is 14.2. The SMILES string of the molecule is CC(C)CC=Nc1c(C(C)C)cccc1C(C)C.CC(C)CCN(C)C.CC(C)Cc1ccccn1.CC(C)Cc1ccco1.CC(C)Cc1cccs1.CC(C)c1cccc2cccnc12.CC(C)c1ccccc1P(c1ccccc1)c1ccccc1.COc1ccccc1C(C)C. The van der Waals surface area contributed by atoms with Crippen molar-refractivity contribution in [2.24, 2.45) is 34.6 Å². The Kier molecular flexibility index (Phi) is 42.9. The van der Waals surface area contributed by atoms with Gasteiger partial charge in [0.15, 0.2) is 0 Å². The number of para-hydroxylation sites is 3. The molecule has 100 heavy (non-hydrogen) atoms. The number of fused-ring (bicyclic) bond motifs is 1. The highest BCUT2D eigenvalue weighted by molar-refractivity contribution is 7.79. The molecule has 6 nitrogen and oxygen atoms in total. The monoisotopic (exact) mass is 1380 g/mol. The van der Waals surface area contributed by atoms with Gasteiger partial charge >= 0.3 is 0 Å². The lowest BCUT2D eigenvalue weighted by atomic mass is 9.93. The molecule has 0 aliphatic heterocycles. The summed E-state index contributed by atoms with van der Waals surface area (Å²) in [5, 5.41) is 7.67. The van der Waals surface area contributed by atoms with Crippen LogP contribution in [-0.4, -0.2) is 48.8 Å². The molecule has 0 aliphatic carbocycles. The van der Waals surface area contributed by atoms with E-state index in [-0.39, 0.29) is 0 Å². The first-order valence-electron chi connectivity index (χ1n) is 36.9. The number of thiophene rings is 1. The maximum absolute atomic E-state index is 5.21. The van der Waals surface area contributed by atoms with Crippen LogP contribution in [0.3, 0.4) is 0 Å². The number of hydrogen-bond acceptors (Lipinski definition) is 7. The predicted octanol–water partition coefficient (Wildman–Crippen LogP) is 25.7. The molecule has 0 aliphatic rings. The fourth-order valence-electron chi connectivity index (χ4n) is 10.6. The number of methoxy groups -OCH3 is 1. The molecule has 10 rings (SSSR count).